The predicted octanol–water partition coefficient (Wildman–Crippen LogP) is 3.19. The zero-order valence-corrected chi connectivity index (χ0v) is 12.9. The number of hydrogen-bond acceptors (Lipinski definition) is 4. The first-order chi connectivity index (χ1) is 9.27. The molecule has 0 aromatic heterocycles. The van der Waals surface area contributed by atoms with E-state index in [0.29, 0.717) is 17.7 Å². The maximum Gasteiger partial charge on any atom is 0.183 e. The van der Waals surface area contributed by atoms with E-state index in [-0.39, 0.29) is 0 Å². The van der Waals surface area contributed by atoms with Gasteiger partial charge in [0.15, 0.2) is 5.05 Å². The van der Waals surface area contributed by atoms with Crippen molar-refractivity contribution in [2.75, 3.05) is 32.9 Å². The summed E-state index contributed by atoms with van der Waals surface area (Å²) in [6.45, 7) is 10.2. The molecule has 1 rings (SSSR count). The average molecular weight is 285 g/mol. The zero-order chi connectivity index (χ0) is 13.9. The van der Waals surface area contributed by atoms with Crippen LogP contribution in [0.25, 0.3) is 0 Å². The van der Waals surface area contributed by atoms with Crippen molar-refractivity contribution >= 4 is 17.3 Å². The Labute approximate surface area is 122 Å². The average Bonchev–Trinajstić information content (AvgIpc) is 2.47. The molecule has 0 radical (unpaired) electrons. The van der Waals surface area contributed by atoms with E-state index in [2.05, 4.69) is 18.4 Å². The molecule has 1 aliphatic rings. The molecular weight excluding hydrogens is 258 g/mol. The Kier molecular flexibility index (Phi) is 9.05. The van der Waals surface area contributed by atoms with E-state index in [9.17, 15) is 0 Å². The molecule has 1 saturated heterocycles. The Morgan fingerprint density at radius 2 is 2.11 bits per heavy atom. The molecule has 0 aromatic carbocycles. The second kappa shape index (κ2) is 10.4. The quantitative estimate of drug-likeness (QED) is 0.368. The van der Waals surface area contributed by atoms with Crippen molar-refractivity contribution in [1.29, 1.82) is 0 Å². The summed E-state index contributed by atoms with van der Waals surface area (Å²) in [5.74, 6) is 0. The van der Waals surface area contributed by atoms with Gasteiger partial charge in [-0.2, -0.15) is 0 Å². The fourth-order valence-electron chi connectivity index (χ4n) is 2.36. The van der Waals surface area contributed by atoms with Gasteiger partial charge in [0.1, 0.15) is 6.61 Å². The maximum atomic E-state index is 5.59. The lowest BCUT2D eigenvalue weighted by Crippen LogP contribution is -2.45. The fraction of sp³-hybridized carbons (Fsp3) is 0.800. The molecule has 1 unspecified atom stereocenters. The van der Waals surface area contributed by atoms with Crippen LogP contribution in [-0.4, -0.2) is 48.9 Å². The van der Waals surface area contributed by atoms with Gasteiger partial charge in [-0.3, -0.25) is 4.90 Å². The van der Waals surface area contributed by atoms with Gasteiger partial charge in [-0.25, -0.2) is 0 Å². The summed E-state index contributed by atoms with van der Waals surface area (Å²) in [5, 5.41) is 0.506. The molecule has 3 nitrogen and oxygen atoms in total. The van der Waals surface area contributed by atoms with Gasteiger partial charge in [0.25, 0.3) is 0 Å². The largest absolute Gasteiger partial charge is 0.482 e. The molecular formula is C15H27NO2S. The molecule has 0 N–H and O–H groups in total. The zero-order valence-electron chi connectivity index (χ0n) is 12.1. The Balaban J connectivity index is 2.36. The topological polar surface area (TPSA) is 21.7 Å². The van der Waals surface area contributed by atoms with Crippen LogP contribution in [0.4, 0.5) is 0 Å². The smallest absolute Gasteiger partial charge is 0.183 e. The SMILES string of the molecule is C=CC(=S)OCC(CCCCCC)N1CCOCC1. The number of morpholine rings is 1. The minimum atomic E-state index is 0.457. The molecule has 19 heavy (non-hydrogen) atoms. The van der Waals surface area contributed by atoms with Gasteiger partial charge in [-0.15, -0.1) is 0 Å². The lowest BCUT2D eigenvalue weighted by molar-refractivity contribution is 0.00261. The lowest BCUT2D eigenvalue weighted by atomic mass is 10.1. The molecule has 1 aliphatic heterocycles. The minimum Gasteiger partial charge on any atom is -0.482 e. The number of unbranched alkanes of at least 4 members (excludes halogenated alkanes) is 3. The normalized spacial score (nSPS) is 17.9. The number of rotatable bonds is 9. The van der Waals surface area contributed by atoms with Gasteiger partial charge in [-0.1, -0.05) is 39.2 Å². The Hall–Kier alpha value is -0.450. The van der Waals surface area contributed by atoms with Crippen molar-refractivity contribution in [2.45, 2.75) is 45.1 Å². The van der Waals surface area contributed by atoms with Crippen molar-refractivity contribution in [1.82, 2.24) is 4.90 Å². The Bertz CT molecular complexity index is 265. The van der Waals surface area contributed by atoms with E-state index < -0.39 is 0 Å². The van der Waals surface area contributed by atoms with Gasteiger partial charge < -0.3 is 9.47 Å². The van der Waals surface area contributed by atoms with Crippen LogP contribution in [0.5, 0.6) is 0 Å². The predicted molar refractivity (Wildman–Crippen MR) is 83.7 cm³/mol. The standard InChI is InChI=1S/C15H27NO2S/c1-3-5-6-7-8-14(13-18-15(19)4-2)16-9-11-17-12-10-16/h4,14H,2-3,5-13H2,1H3. The summed E-state index contributed by atoms with van der Waals surface area (Å²) in [4.78, 5) is 2.47. The minimum absolute atomic E-state index is 0.457. The highest BCUT2D eigenvalue weighted by Gasteiger charge is 2.21. The number of thiocarbonyl (C=S) groups is 1. The molecule has 0 aromatic rings. The Morgan fingerprint density at radius 1 is 1.37 bits per heavy atom. The van der Waals surface area contributed by atoms with Crippen LogP contribution in [-0.2, 0) is 9.47 Å². The van der Waals surface area contributed by atoms with Gasteiger partial charge in [0, 0.05) is 19.1 Å². The third kappa shape index (κ3) is 7.04. The molecule has 0 aliphatic carbocycles. The highest BCUT2D eigenvalue weighted by Crippen LogP contribution is 2.13. The summed E-state index contributed by atoms with van der Waals surface area (Å²) in [6.07, 6.45) is 7.95. The van der Waals surface area contributed by atoms with E-state index >= 15 is 0 Å². The van der Waals surface area contributed by atoms with E-state index in [4.69, 9.17) is 21.7 Å². The molecule has 0 bridgehead atoms. The number of ether oxygens (including phenoxy) is 2. The van der Waals surface area contributed by atoms with Crippen molar-refractivity contribution in [3.8, 4) is 0 Å². The summed E-state index contributed by atoms with van der Waals surface area (Å²) in [5.41, 5.74) is 0. The van der Waals surface area contributed by atoms with Crippen LogP contribution < -0.4 is 0 Å². The van der Waals surface area contributed by atoms with Gasteiger partial charge in [0.05, 0.1) is 13.2 Å². The van der Waals surface area contributed by atoms with Crippen molar-refractivity contribution in [3.05, 3.63) is 12.7 Å². The highest BCUT2D eigenvalue weighted by molar-refractivity contribution is 7.80. The molecule has 0 saturated carbocycles. The van der Waals surface area contributed by atoms with Crippen molar-refractivity contribution < 1.29 is 9.47 Å². The third-order valence-electron chi connectivity index (χ3n) is 3.54. The summed E-state index contributed by atoms with van der Waals surface area (Å²) < 4.78 is 11.0. The van der Waals surface area contributed by atoms with Crippen LogP contribution in [0.1, 0.15) is 39.0 Å². The molecule has 4 heteroatoms. The first-order valence-electron chi connectivity index (χ1n) is 7.39. The molecule has 110 valence electrons. The number of nitrogens with zero attached hydrogens (tertiary/aromatic N) is 1. The van der Waals surface area contributed by atoms with E-state index in [1.807, 2.05) is 0 Å². The van der Waals surface area contributed by atoms with Crippen molar-refractivity contribution in [3.63, 3.8) is 0 Å². The van der Waals surface area contributed by atoms with Crippen LogP contribution in [0, 0.1) is 0 Å². The second-order valence-corrected chi connectivity index (χ2v) is 5.39. The monoisotopic (exact) mass is 285 g/mol. The van der Waals surface area contributed by atoms with Crippen LogP contribution in [0.15, 0.2) is 12.7 Å². The highest BCUT2D eigenvalue weighted by atomic mass is 32.1. The second-order valence-electron chi connectivity index (χ2n) is 4.99. The summed E-state index contributed by atoms with van der Waals surface area (Å²) >= 11 is 5.05. The van der Waals surface area contributed by atoms with Crippen LogP contribution in [0.2, 0.25) is 0 Å². The first kappa shape index (κ1) is 16.6. The van der Waals surface area contributed by atoms with Gasteiger partial charge in [-0.05, 0) is 24.7 Å². The molecule has 1 fully saturated rings. The van der Waals surface area contributed by atoms with E-state index in [0.717, 1.165) is 26.3 Å². The number of hydrogen-bond donors (Lipinski definition) is 0. The lowest BCUT2D eigenvalue weighted by Gasteiger charge is -2.34. The summed E-state index contributed by atoms with van der Waals surface area (Å²) in [6, 6.07) is 0.457. The van der Waals surface area contributed by atoms with E-state index in [1.165, 1.54) is 32.1 Å². The summed E-state index contributed by atoms with van der Waals surface area (Å²) in [7, 11) is 0. The van der Waals surface area contributed by atoms with Gasteiger partial charge in [0.2, 0.25) is 0 Å². The van der Waals surface area contributed by atoms with Gasteiger partial charge >= 0.3 is 0 Å². The van der Waals surface area contributed by atoms with Crippen molar-refractivity contribution in [2.24, 2.45) is 0 Å². The van der Waals surface area contributed by atoms with Crippen LogP contribution >= 0.6 is 12.2 Å². The maximum absolute atomic E-state index is 5.59. The molecule has 0 spiro atoms. The molecule has 0 amide bonds. The Morgan fingerprint density at radius 3 is 2.74 bits per heavy atom. The van der Waals surface area contributed by atoms with Crippen LogP contribution in [0.3, 0.4) is 0 Å². The molecule has 1 atom stereocenters. The van der Waals surface area contributed by atoms with E-state index in [1.54, 1.807) is 6.08 Å². The molecule has 1 heterocycles. The third-order valence-corrected chi connectivity index (χ3v) is 3.82. The first-order valence-corrected chi connectivity index (χ1v) is 7.79. The fourth-order valence-corrected chi connectivity index (χ4v) is 2.43.